The molecule has 1 aromatic carbocycles. The Kier molecular flexibility index (Phi) is 4.61. The van der Waals surface area contributed by atoms with E-state index >= 15 is 0 Å². The maximum Gasteiger partial charge on any atom is 0.251 e. The van der Waals surface area contributed by atoms with Gasteiger partial charge in [0.2, 0.25) is 0 Å². The van der Waals surface area contributed by atoms with Gasteiger partial charge in [0.1, 0.15) is 0 Å². The minimum atomic E-state index is -0.0814. The Bertz CT molecular complexity index is 581. The molecule has 1 aromatic heterocycles. The maximum absolute atomic E-state index is 12.1. The molecule has 0 bridgehead atoms. The fourth-order valence-electron chi connectivity index (χ4n) is 1.79. The first kappa shape index (κ1) is 14.1. The first-order valence-corrected chi connectivity index (χ1v) is 7.61. The first-order chi connectivity index (χ1) is 9.08. The zero-order valence-electron chi connectivity index (χ0n) is 10.6. The summed E-state index contributed by atoms with van der Waals surface area (Å²) in [5.41, 5.74) is 7.92. The highest BCUT2D eigenvalue weighted by Crippen LogP contribution is 2.22. The molecule has 1 amide bonds. The van der Waals surface area contributed by atoms with Crippen LogP contribution in [0.3, 0.4) is 0 Å². The van der Waals surface area contributed by atoms with Gasteiger partial charge in [0.05, 0.1) is 0 Å². The molecule has 0 saturated carbocycles. The molecule has 3 N–H and O–H groups in total. The third kappa shape index (κ3) is 3.58. The topological polar surface area (TPSA) is 55.1 Å². The highest BCUT2D eigenvalue weighted by molar-refractivity contribution is 9.10. The zero-order valence-corrected chi connectivity index (χ0v) is 13.0. The third-order valence-electron chi connectivity index (χ3n) is 2.89. The summed E-state index contributed by atoms with van der Waals surface area (Å²) >= 11 is 5.06. The molecule has 0 fully saturated rings. The SMILES string of the molecule is Cc1c(N)cc(Br)cc1C(=O)NCCc1cccs1. The molecule has 1 heterocycles. The van der Waals surface area contributed by atoms with Gasteiger partial charge in [-0.25, -0.2) is 0 Å². The van der Waals surface area contributed by atoms with Crippen LogP contribution in [0.5, 0.6) is 0 Å². The van der Waals surface area contributed by atoms with Crippen molar-refractivity contribution in [2.24, 2.45) is 0 Å². The van der Waals surface area contributed by atoms with E-state index in [4.69, 9.17) is 5.73 Å². The number of rotatable bonds is 4. The number of nitrogens with one attached hydrogen (secondary N) is 1. The van der Waals surface area contributed by atoms with Crippen molar-refractivity contribution in [3.8, 4) is 0 Å². The number of hydrogen-bond acceptors (Lipinski definition) is 3. The predicted octanol–water partition coefficient (Wildman–Crippen LogP) is 3.37. The van der Waals surface area contributed by atoms with E-state index in [-0.39, 0.29) is 5.91 Å². The molecule has 0 aliphatic rings. The number of carbonyl (C=O) groups is 1. The molecule has 3 nitrogen and oxygen atoms in total. The van der Waals surface area contributed by atoms with Crippen LogP contribution in [0.2, 0.25) is 0 Å². The minimum absolute atomic E-state index is 0.0814. The van der Waals surface area contributed by atoms with Crippen molar-refractivity contribution < 1.29 is 4.79 Å². The van der Waals surface area contributed by atoms with Crippen molar-refractivity contribution in [3.63, 3.8) is 0 Å². The molecule has 0 spiro atoms. The summed E-state index contributed by atoms with van der Waals surface area (Å²) in [6, 6.07) is 7.68. The summed E-state index contributed by atoms with van der Waals surface area (Å²) in [4.78, 5) is 13.4. The smallest absolute Gasteiger partial charge is 0.251 e. The van der Waals surface area contributed by atoms with Crippen LogP contribution in [-0.4, -0.2) is 12.5 Å². The lowest BCUT2D eigenvalue weighted by Gasteiger charge is -2.10. The van der Waals surface area contributed by atoms with Gasteiger partial charge in [-0.2, -0.15) is 0 Å². The summed E-state index contributed by atoms with van der Waals surface area (Å²) in [5, 5.41) is 4.96. The second kappa shape index (κ2) is 6.21. The molecule has 100 valence electrons. The average Bonchev–Trinajstić information content (AvgIpc) is 2.86. The summed E-state index contributed by atoms with van der Waals surface area (Å²) < 4.78 is 0.819. The highest BCUT2D eigenvalue weighted by atomic mass is 79.9. The van der Waals surface area contributed by atoms with E-state index in [1.165, 1.54) is 4.88 Å². The van der Waals surface area contributed by atoms with Crippen LogP contribution in [0.15, 0.2) is 34.1 Å². The molecule has 2 rings (SSSR count). The van der Waals surface area contributed by atoms with Crippen molar-refractivity contribution in [2.75, 3.05) is 12.3 Å². The lowest BCUT2D eigenvalue weighted by molar-refractivity contribution is 0.0953. The lowest BCUT2D eigenvalue weighted by atomic mass is 10.1. The Balaban J connectivity index is 2.00. The molecule has 0 radical (unpaired) electrons. The van der Waals surface area contributed by atoms with Crippen molar-refractivity contribution >= 4 is 38.9 Å². The number of amides is 1. The van der Waals surface area contributed by atoms with Gasteiger partial charge >= 0.3 is 0 Å². The molecule has 0 aliphatic carbocycles. The Morgan fingerprint density at radius 1 is 1.47 bits per heavy atom. The zero-order chi connectivity index (χ0) is 13.8. The van der Waals surface area contributed by atoms with Crippen molar-refractivity contribution in [1.29, 1.82) is 0 Å². The quantitative estimate of drug-likeness (QED) is 0.839. The fourth-order valence-corrected chi connectivity index (χ4v) is 2.97. The Hall–Kier alpha value is -1.33. The average molecular weight is 339 g/mol. The number of nitrogens with two attached hydrogens (primary N) is 1. The molecule has 2 aromatic rings. The number of anilines is 1. The number of thiophene rings is 1. The summed E-state index contributed by atoms with van der Waals surface area (Å²) in [7, 11) is 0. The predicted molar refractivity (Wildman–Crippen MR) is 83.6 cm³/mol. The molecular formula is C14H15BrN2OS. The number of benzene rings is 1. The Labute approximate surface area is 125 Å². The van der Waals surface area contributed by atoms with Crippen LogP contribution >= 0.6 is 27.3 Å². The van der Waals surface area contributed by atoms with Gasteiger partial charge in [0, 0.05) is 27.1 Å². The van der Waals surface area contributed by atoms with E-state index in [9.17, 15) is 4.79 Å². The van der Waals surface area contributed by atoms with E-state index in [0.717, 1.165) is 16.5 Å². The van der Waals surface area contributed by atoms with Crippen LogP contribution in [0.1, 0.15) is 20.8 Å². The van der Waals surface area contributed by atoms with Gasteiger partial charge in [-0.15, -0.1) is 11.3 Å². The second-order valence-corrected chi connectivity index (χ2v) is 6.20. The number of halogens is 1. The van der Waals surface area contributed by atoms with Gasteiger partial charge < -0.3 is 11.1 Å². The van der Waals surface area contributed by atoms with Crippen LogP contribution in [0.4, 0.5) is 5.69 Å². The van der Waals surface area contributed by atoms with Crippen LogP contribution in [0.25, 0.3) is 0 Å². The second-order valence-electron chi connectivity index (χ2n) is 4.25. The molecule has 5 heteroatoms. The number of hydrogen-bond donors (Lipinski definition) is 2. The Morgan fingerprint density at radius 3 is 2.95 bits per heavy atom. The largest absolute Gasteiger partial charge is 0.398 e. The highest BCUT2D eigenvalue weighted by Gasteiger charge is 2.11. The monoisotopic (exact) mass is 338 g/mol. The summed E-state index contributed by atoms with van der Waals surface area (Å²) in [5.74, 6) is -0.0814. The molecule has 0 unspecified atom stereocenters. The summed E-state index contributed by atoms with van der Waals surface area (Å²) in [6.07, 6.45) is 0.853. The Morgan fingerprint density at radius 2 is 2.26 bits per heavy atom. The standard InChI is InChI=1S/C14H15BrN2OS/c1-9-12(7-10(15)8-13(9)16)14(18)17-5-4-11-3-2-6-19-11/h2-3,6-8H,4-5,16H2,1H3,(H,17,18). The number of nitrogen functional groups attached to an aromatic ring is 1. The van der Waals surface area contributed by atoms with Crippen molar-refractivity contribution in [2.45, 2.75) is 13.3 Å². The van der Waals surface area contributed by atoms with Crippen molar-refractivity contribution in [1.82, 2.24) is 5.32 Å². The fraction of sp³-hybridized carbons (Fsp3) is 0.214. The van der Waals surface area contributed by atoms with Crippen LogP contribution < -0.4 is 11.1 Å². The van der Waals surface area contributed by atoms with E-state index in [0.29, 0.717) is 17.8 Å². The molecule has 0 saturated heterocycles. The van der Waals surface area contributed by atoms with E-state index in [1.807, 2.05) is 18.4 Å². The lowest BCUT2D eigenvalue weighted by Crippen LogP contribution is -2.26. The molecule has 19 heavy (non-hydrogen) atoms. The van der Waals surface area contributed by atoms with Crippen LogP contribution in [0, 0.1) is 6.92 Å². The number of carbonyl (C=O) groups excluding carboxylic acids is 1. The van der Waals surface area contributed by atoms with E-state index < -0.39 is 0 Å². The molecular weight excluding hydrogens is 324 g/mol. The maximum atomic E-state index is 12.1. The first-order valence-electron chi connectivity index (χ1n) is 5.94. The van der Waals surface area contributed by atoms with Crippen molar-refractivity contribution in [3.05, 3.63) is 50.1 Å². The molecule has 0 aliphatic heterocycles. The third-order valence-corrected chi connectivity index (χ3v) is 4.29. The van der Waals surface area contributed by atoms with Crippen LogP contribution in [-0.2, 0) is 6.42 Å². The van der Waals surface area contributed by atoms with Gasteiger partial charge in [-0.3, -0.25) is 4.79 Å². The van der Waals surface area contributed by atoms with Gasteiger partial charge in [0.25, 0.3) is 5.91 Å². The summed E-state index contributed by atoms with van der Waals surface area (Å²) in [6.45, 7) is 2.49. The van der Waals surface area contributed by atoms with Gasteiger partial charge in [-0.05, 0) is 42.5 Å². The van der Waals surface area contributed by atoms with E-state index in [2.05, 4.69) is 27.3 Å². The van der Waals surface area contributed by atoms with E-state index in [1.54, 1.807) is 23.5 Å². The van der Waals surface area contributed by atoms with Gasteiger partial charge in [0.15, 0.2) is 0 Å². The normalized spacial score (nSPS) is 10.4. The molecule has 0 atom stereocenters. The van der Waals surface area contributed by atoms with Gasteiger partial charge in [-0.1, -0.05) is 22.0 Å². The minimum Gasteiger partial charge on any atom is -0.398 e.